The van der Waals surface area contributed by atoms with Crippen LogP contribution in [-0.4, -0.2) is 31.2 Å². The van der Waals surface area contributed by atoms with Crippen LogP contribution >= 0.6 is 0 Å². The van der Waals surface area contributed by atoms with Crippen LogP contribution in [0.25, 0.3) is 0 Å². The van der Waals surface area contributed by atoms with E-state index in [2.05, 4.69) is 14.2 Å². The lowest BCUT2D eigenvalue weighted by atomic mass is 10.2. The van der Waals surface area contributed by atoms with E-state index in [1.54, 1.807) is 13.8 Å². The topological polar surface area (TPSA) is 105 Å². The SMILES string of the molecule is CCOC(=O)CC(=O)OCC.NC(=O)OCc1ccccc1. The lowest BCUT2D eigenvalue weighted by molar-refractivity contribution is -0.153. The quantitative estimate of drug-likeness (QED) is 0.488. The molecule has 22 heavy (non-hydrogen) atoms. The van der Waals surface area contributed by atoms with Gasteiger partial charge in [-0.2, -0.15) is 0 Å². The van der Waals surface area contributed by atoms with Crippen LogP contribution in [-0.2, 0) is 30.4 Å². The highest BCUT2D eigenvalue weighted by Crippen LogP contribution is 1.99. The fraction of sp³-hybridized carbons (Fsp3) is 0.400. The van der Waals surface area contributed by atoms with Gasteiger partial charge in [-0.15, -0.1) is 0 Å². The lowest BCUT2D eigenvalue weighted by Crippen LogP contribution is -2.13. The van der Waals surface area contributed by atoms with Gasteiger partial charge >= 0.3 is 18.0 Å². The predicted octanol–water partition coefficient (Wildman–Crippen LogP) is 1.78. The van der Waals surface area contributed by atoms with Gasteiger partial charge in [0, 0.05) is 0 Å². The molecule has 0 spiro atoms. The first kappa shape index (κ1) is 19.4. The van der Waals surface area contributed by atoms with Gasteiger partial charge in [0.15, 0.2) is 0 Å². The highest BCUT2D eigenvalue weighted by Gasteiger charge is 2.09. The molecule has 0 saturated carbocycles. The molecule has 0 unspecified atom stereocenters. The van der Waals surface area contributed by atoms with Gasteiger partial charge in [0.1, 0.15) is 13.0 Å². The first-order valence-electron chi connectivity index (χ1n) is 6.77. The molecule has 122 valence electrons. The molecule has 0 saturated heterocycles. The maximum atomic E-state index is 10.6. The first-order chi connectivity index (χ1) is 10.5. The minimum Gasteiger partial charge on any atom is -0.466 e. The van der Waals surface area contributed by atoms with Gasteiger partial charge in [-0.3, -0.25) is 9.59 Å². The predicted molar refractivity (Wildman–Crippen MR) is 78.7 cm³/mol. The molecule has 1 rings (SSSR count). The molecule has 0 fully saturated rings. The molecule has 2 N–H and O–H groups in total. The molecule has 0 aromatic heterocycles. The third-order valence-electron chi connectivity index (χ3n) is 2.12. The summed E-state index contributed by atoms with van der Waals surface area (Å²) in [6.45, 7) is 4.19. The number of ether oxygens (including phenoxy) is 3. The van der Waals surface area contributed by atoms with Gasteiger partial charge in [-0.1, -0.05) is 30.3 Å². The number of rotatable bonds is 6. The summed E-state index contributed by atoms with van der Waals surface area (Å²) in [5, 5.41) is 0. The van der Waals surface area contributed by atoms with Crippen LogP contribution in [0.2, 0.25) is 0 Å². The highest BCUT2D eigenvalue weighted by atomic mass is 16.6. The van der Waals surface area contributed by atoms with Crippen molar-refractivity contribution in [2.45, 2.75) is 26.9 Å². The molecule has 7 nitrogen and oxygen atoms in total. The second-order valence-corrected chi connectivity index (χ2v) is 3.88. The summed E-state index contributed by atoms with van der Waals surface area (Å²) >= 11 is 0. The van der Waals surface area contributed by atoms with E-state index in [-0.39, 0.29) is 26.2 Å². The molecule has 7 heteroatoms. The number of carbonyl (C=O) groups is 3. The van der Waals surface area contributed by atoms with Gasteiger partial charge in [0.05, 0.1) is 13.2 Å². The average molecular weight is 311 g/mol. The Kier molecular flexibility index (Phi) is 10.8. The van der Waals surface area contributed by atoms with Crippen LogP contribution in [0.15, 0.2) is 30.3 Å². The molecule has 1 aromatic carbocycles. The van der Waals surface area contributed by atoms with Gasteiger partial charge in [0.2, 0.25) is 0 Å². The normalized spacial score (nSPS) is 9.00. The average Bonchev–Trinajstić information content (AvgIpc) is 2.47. The van der Waals surface area contributed by atoms with E-state index in [0.29, 0.717) is 0 Å². The third-order valence-corrected chi connectivity index (χ3v) is 2.12. The number of primary amides is 1. The molecule has 0 aliphatic carbocycles. The molecule has 1 amide bonds. The second-order valence-electron chi connectivity index (χ2n) is 3.88. The van der Waals surface area contributed by atoms with Crippen LogP contribution < -0.4 is 5.73 Å². The lowest BCUT2D eigenvalue weighted by Gasteiger charge is -2.00. The van der Waals surface area contributed by atoms with Crippen LogP contribution in [0.4, 0.5) is 4.79 Å². The van der Waals surface area contributed by atoms with Crippen molar-refractivity contribution < 1.29 is 28.6 Å². The summed E-state index contributed by atoms with van der Waals surface area (Å²) in [6.07, 6.45) is -1.03. The Morgan fingerprint density at radius 2 is 1.41 bits per heavy atom. The maximum absolute atomic E-state index is 10.6. The van der Waals surface area contributed by atoms with Crippen molar-refractivity contribution in [2.75, 3.05) is 13.2 Å². The van der Waals surface area contributed by atoms with Crippen molar-refractivity contribution >= 4 is 18.0 Å². The summed E-state index contributed by atoms with van der Waals surface area (Å²) in [5.41, 5.74) is 5.72. The Labute approximate surface area is 129 Å². The zero-order valence-corrected chi connectivity index (χ0v) is 12.7. The van der Waals surface area contributed by atoms with Gasteiger partial charge in [-0.25, -0.2) is 4.79 Å². The highest BCUT2D eigenvalue weighted by molar-refractivity contribution is 5.91. The minimum atomic E-state index is -0.742. The van der Waals surface area contributed by atoms with Gasteiger partial charge in [-0.05, 0) is 19.4 Å². The zero-order valence-electron chi connectivity index (χ0n) is 12.7. The Balaban J connectivity index is 0.000000401. The van der Waals surface area contributed by atoms with E-state index in [4.69, 9.17) is 5.73 Å². The van der Waals surface area contributed by atoms with Gasteiger partial charge in [0.25, 0.3) is 0 Å². The Bertz CT molecular complexity index is 444. The van der Waals surface area contributed by atoms with Crippen molar-refractivity contribution in [2.24, 2.45) is 5.73 Å². The van der Waals surface area contributed by atoms with Crippen LogP contribution in [0.1, 0.15) is 25.8 Å². The molecular formula is C15H21NO6. The monoisotopic (exact) mass is 311 g/mol. The molecule has 0 heterocycles. The summed E-state index contributed by atoms with van der Waals surface area (Å²) in [5.74, 6) is -1.07. The smallest absolute Gasteiger partial charge is 0.404 e. The van der Waals surface area contributed by atoms with Crippen LogP contribution in [0, 0.1) is 0 Å². The van der Waals surface area contributed by atoms with E-state index in [1.807, 2.05) is 30.3 Å². The Morgan fingerprint density at radius 1 is 0.909 bits per heavy atom. The second kappa shape index (κ2) is 12.2. The first-order valence-corrected chi connectivity index (χ1v) is 6.77. The summed E-state index contributed by atoms with van der Waals surface area (Å²) in [6, 6.07) is 9.37. The van der Waals surface area contributed by atoms with Crippen molar-refractivity contribution in [1.82, 2.24) is 0 Å². The minimum absolute atomic E-state index is 0.246. The molecular weight excluding hydrogens is 290 g/mol. The molecule has 0 radical (unpaired) electrons. The summed E-state index contributed by atoms with van der Waals surface area (Å²) < 4.78 is 13.6. The molecule has 1 aromatic rings. The molecule has 0 aliphatic rings. The third kappa shape index (κ3) is 11.3. The summed E-state index contributed by atoms with van der Waals surface area (Å²) in [7, 11) is 0. The zero-order chi connectivity index (χ0) is 16.8. The Hall–Kier alpha value is -2.57. The fourth-order valence-corrected chi connectivity index (χ4v) is 1.27. The molecule has 0 bridgehead atoms. The van der Waals surface area contributed by atoms with Crippen molar-refractivity contribution in [3.8, 4) is 0 Å². The molecule has 0 atom stereocenters. The fourth-order valence-electron chi connectivity index (χ4n) is 1.27. The van der Waals surface area contributed by atoms with Crippen molar-refractivity contribution in [3.63, 3.8) is 0 Å². The largest absolute Gasteiger partial charge is 0.466 e. The van der Waals surface area contributed by atoms with E-state index in [0.717, 1.165) is 5.56 Å². The number of hydrogen-bond donors (Lipinski definition) is 1. The van der Waals surface area contributed by atoms with Crippen molar-refractivity contribution in [1.29, 1.82) is 0 Å². The van der Waals surface area contributed by atoms with E-state index < -0.39 is 18.0 Å². The summed E-state index contributed by atoms with van der Waals surface area (Å²) in [4.78, 5) is 31.4. The number of nitrogens with two attached hydrogens (primary N) is 1. The number of benzene rings is 1. The van der Waals surface area contributed by atoms with E-state index in [9.17, 15) is 14.4 Å². The maximum Gasteiger partial charge on any atom is 0.404 e. The Morgan fingerprint density at radius 3 is 1.82 bits per heavy atom. The van der Waals surface area contributed by atoms with Crippen molar-refractivity contribution in [3.05, 3.63) is 35.9 Å². The number of esters is 2. The number of hydrogen-bond acceptors (Lipinski definition) is 6. The van der Waals surface area contributed by atoms with Crippen LogP contribution in [0.5, 0.6) is 0 Å². The van der Waals surface area contributed by atoms with Gasteiger partial charge < -0.3 is 19.9 Å². The number of amides is 1. The van der Waals surface area contributed by atoms with Crippen LogP contribution in [0.3, 0.4) is 0 Å². The number of carbonyl (C=O) groups excluding carboxylic acids is 3. The molecule has 0 aliphatic heterocycles. The standard InChI is InChI=1S/C8H9NO2.C7H12O4/c9-8(10)11-6-7-4-2-1-3-5-7;1-3-10-6(8)5-7(9)11-4-2/h1-5H,6H2,(H2,9,10);3-5H2,1-2H3. The van der Waals surface area contributed by atoms with E-state index >= 15 is 0 Å². The van der Waals surface area contributed by atoms with E-state index in [1.165, 1.54) is 0 Å².